The zero-order chi connectivity index (χ0) is 14.5. The van der Waals surface area contributed by atoms with Gasteiger partial charge in [0.1, 0.15) is 11.5 Å². The van der Waals surface area contributed by atoms with Crippen molar-refractivity contribution in [2.45, 2.75) is 6.92 Å². The number of pyridine rings is 1. The van der Waals surface area contributed by atoms with Gasteiger partial charge < -0.3 is 14.7 Å². The number of nitrogens with zero attached hydrogens (tertiary/aromatic N) is 2. The predicted octanol–water partition coefficient (Wildman–Crippen LogP) is 2.46. The van der Waals surface area contributed by atoms with Crippen LogP contribution in [0.3, 0.4) is 0 Å². The number of carbonyl (C=O) groups is 1. The van der Waals surface area contributed by atoms with Gasteiger partial charge in [-0.2, -0.15) is 0 Å². The summed E-state index contributed by atoms with van der Waals surface area (Å²) >= 11 is 0. The summed E-state index contributed by atoms with van der Waals surface area (Å²) in [4.78, 5) is 18.1. The van der Waals surface area contributed by atoms with Crippen LogP contribution >= 0.6 is 0 Å². The topological polar surface area (TPSA) is 62.7 Å². The molecule has 0 aliphatic heterocycles. The van der Waals surface area contributed by atoms with Crippen LogP contribution in [0.4, 0.5) is 5.69 Å². The number of benzene rings is 1. The third-order valence-electron chi connectivity index (χ3n) is 2.94. The van der Waals surface area contributed by atoms with Crippen LogP contribution in [0.25, 0.3) is 0 Å². The molecule has 20 heavy (non-hydrogen) atoms. The minimum absolute atomic E-state index is 0.121. The SMILES string of the molecule is CCN(C(=O)c1ccncc1OC)c1cccc(O)c1. The lowest BCUT2D eigenvalue weighted by atomic mass is 10.2. The lowest BCUT2D eigenvalue weighted by Gasteiger charge is -2.22. The molecular formula is C15H16N2O3. The molecule has 5 nitrogen and oxygen atoms in total. The predicted molar refractivity (Wildman–Crippen MR) is 76.2 cm³/mol. The van der Waals surface area contributed by atoms with E-state index in [4.69, 9.17) is 4.74 Å². The molecule has 0 fully saturated rings. The number of aromatic hydroxyl groups is 1. The second-order valence-electron chi connectivity index (χ2n) is 4.15. The molecule has 1 aromatic carbocycles. The standard InChI is InChI=1S/C15H16N2O3/c1-3-17(11-5-4-6-12(18)9-11)15(19)13-7-8-16-10-14(13)20-2/h4-10,18H,3H2,1-2H3. The van der Waals surface area contributed by atoms with E-state index in [1.54, 1.807) is 41.4 Å². The zero-order valence-electron chi connectivity index (χ0n) is 11.4. The molecule has 0 bridgehead atoms. The van der Waals surface area contributed by atoms with E-state index in [0.717, 1.165) is 0 Å². The van der Waals surface area contributed by atoms with Crippen LogP contribution in [-0.2, 0) is 0 Å². The Morgan fingerprint density at radius 2 is 2.20 bits per heavy atom. The molecule has 104 valence electrons. The molecule has 0 radical (unpaired) electrons. The van der Waals surface area contributed by atoms with Gasteiger partial charge in [-0.1, -0.05) is 6.07 Å². The second kappa shape index (κ2) is 6.06. The van der Waals surface area contributed by atoms with Gasteiger partial charge in [-0.05, 0) is 25.1 Å². The van der Waals surface area contributed by atoms with Crippen LogP contribution < -0.4 is 9.64 Å². The second-order valence-corrected chi connectivity index (χ2v) is 4.15. The van der Waals surface area contributed by atoms with Crippen LogP contribution in [-0.4, -0.2) is 29.7 Å². The summed E-state index contributed by atoms with van der Waals surface area (Å²) in [5.74, 6) is 0.351. The fourth-order valence-corrected chi connectivity index (χ4v) is 1.97. The summed E-state index contributed by atoms with van der Waals surface area (Å²) in [5, 5.41) is 9.54. The Labute approximate surface area is 117 Å². The lowest BCUT2D eigenvalue weighted by Crippen LogP contribution is -2.30. The van der Waals surface area contributed by atoms with Gasteiger partial charge in [-0.25, -0.2) is 0 Å². The van der Waals surface area contributed by atoms with Crippen LogP contribution in [0.1, 0.15) is 17.3 Å². The van der Waals surface area contributed by atoms with Gasteiger partial charge in [-0.15, -0.1) is 0 Å². The van der Waals surface area contributed by atoms with E-state index in [-0.39, 0.29) is 11.7 Å². The maximum atomic E-state index is 12.6. The van der Waals surface area contributed by atoms with E-state index in [9.17, 15) is 9.90 Å². The van der Waals surface area contributed by atoms with Crippen molar-refractivity contribution in [3.63, 3.8) is 0 Å². The Bertz CT molecular complexity index is 614. The monoisotopic (exact) mass is 272 g/mol. The van der Waals surface area contributed by atoms with E-state index >= 15 is 0 Å². The normalized spacial score (nSPS) is 10.1. The van der Waals surface area contributed by atoms with Crippen molar-refractivity contribution in [2.75, 3.05) is 18.6 Å². The van der Waals surface area contributed by atoms with Crippen molar-refractivity contribution in [3.8, 4) is 11.5 Å². The number of methoxy groups -OCH3 is 1. The number of phenols is 1. The van der Waals surface area contributed by atoms with Crippen LogP contribution in [0, 0.1) is 0 Å². The first-order valence-electron chi connectivity index (χ1n) is 6.26. The Hall–Kier alpha value is -2.56. The number of ether oxygens (including phenoxy) is 1. The molecule has 2 aromatic rings. The molecule has 1 amide bonds. The quantitative estimate of drug-likeness (QED) is 0.928. The third-order valence-corrected chi connectivity index (χ3v) is 2.94. The first-order valence-corrected chi connectivity index (χ1v) is 6.26. The molecule has 0 saturated heterocycles. The number of aromatic nitrogens is 1. The molecule has 1 heterocycles. The van der Waals surface area contributed by atoms with Gasteiger partial charge in [0.05, 0.1) is 18.9 Å². The highest BCUT2D eigenvalue weighted by Gasteiger charge is 2.20. The highest BCUT2D eigenvalue weighted by molar-refractivity contribution is 6.07. The molecule has 1 aromatic heterocycles. The number of amides is 1. The lowest BCUT2D eigenvalue weighted by molar-refractivity contribution is 0.0985. The summed E-state index contributed by atoms with van der Waals surface area (Å²) in [6.07, 6.45) is 3.05. The molecule has 0 unspecified atom stereocenters. The average molecular weight is 272 g/mol. The molecule has 5 heteroatoms. The summed E-state index contributed by atoms with van der Waals surface area (Å²) in [7, 11) is 1.50. The largest absolute Gasteiger partial charge is 0.508 e. The molecule has 0 spiro atoms. The molecule has 0 saturated carbocycles. The van der Waals surface area contributed by atoms with Gasteiger partial charge >= 0.3 is 0 Å². The van der Waals surface area contributed by atoms with Gasteiger partial charge in [0, 0.05) is 24.5 Å². The number of carbonyl (C=O) groups excluding carboxylic acids is 1. The number of rotatable bonds is 4. The van der Waals surface area contributed by atoms with Gasteiger partial charge in [0.2, 0.25) is 0 Å². The highest BCUT2D eigenvalue weighted by Crippen LogP contribution is 2.24. The fourth-order valence-electron chi connectivity index (χ4n) is 1.97. The van der Waals surface area contributed by atoms with E-state index in [1.165, 1.54) is 13.3 Å². The van der Waals surface area contributed by atoms with Crippen molar-refractivity contribution in [3.05, 3.63) is 48.3 Å². The van der Waals surface area contributed by atoms with Crippen molar-refractivity contribution < 1.29 is 14.6 Å². The number of hydrogen-bond donors (Lipinski definition) is 1. The highest BCUT2D eigenvalue weighted by atomic mass is 16.5. The molecule has 0 atom stereocenters. The molecule has 2 rings (SSSR count). The maximum Gasteiger partial charge on any atom is 0.262 e. The Morgan fingerprint density at radius 3 is 2.85 bits per heavy atom. The molecule has 0 aliphatic rings. The van der Waals surface area contributed by atoms with E-state index in [1.807, 2.05) is 6.92 Å². The van der Waals surface area contributed by atoms with E-state index < -0.39 is 0 Å². The zero-order valence-corrected chi connectivity index (χ0v) is 11.4. The van der Waals surface area contributed by atoms with E-state index in [2.05, 4.69) is 4.98 Å². The average Bonchev–Trinajstić information content (AvgIpc) is 2.48. The van der Waals surface area contributed by atoms with Crippen molar-refractivity contribution in [1.82, 2.24) is 4.98 Å². The maximum absolute atomic E-state index is 12.6. The van der Waals surface area contributed by atoms with Crippen LogP contribution in [0.2, 0.25) is 0 Å². The summed E-state index contributed by atoms with van der Waals surface area (Å²) in [6.45, 7) is 2.35. The summed E-state index contributed by atoms with van der Waals surface area (Å²) in [6, 6.07) is 8.20. The van der Waals surface area contributed by atoms with Crippen molar-refractivity contribution in [1.29, 1.82) is 0 Å². The Kier molecular flexibility index (Phi) is 4.20. The number of anilines is 1. The molecular weight excluding hydrogens is 256 g/mol. The van der Waals surface area contributed by atoms with Crippen molar-refractivity contribution >= 4 is 11.6 Å². The van der Waals surface area contributed by atoms with Gasteiger partial charge in [-0.3, -0.25) is 9.78 Å². The van der Waals surface area contributed by atoms with Crippen LogP contribution in [0.5, 0.6) is 11.5 Å². The fraction of sp³-hybridized carbons (Fsp3) is 0.200. The minimum Gasteiger partial charge on any atom is -0.508 e. The van der Waals surface area contributed by atoms with Gasteiger partial charge in [0.15, 0.2) is 0 Å². The van der Waals surface area contributed by atoms with E-state index in [0.29, 0.717) is 23.5 Å². The number of hydrogen-bond acceptors (Lipinski definition) is 4. The number of phenolic OH excluding ortho intramolecular Hbond substituents is 1. The summed E-state index contributed by atoms with van der Waals surface area (Å²) in [5.41, 5.74) is 1.07. The van der Waals surface area contributed by atoms with Crippen LogP contribution in [0.15, 0.2) is 42.7 Å². The first kappa shape index (κ1) is 13.9. The summed E-state index contributed by atoms with van der Waals surface area (Å²) < 4.78 is 5.16. The van der Waals surface area contributed by atoms with Crippen molar-refractivity contribution in [2.24, 2.45) is 0 Å². The first-order chi connectivity index (χ1) is 9.67. The Balaban J connectivity index is 2.39. The molecule has 0 aliphatic carbocycles. The minimum atomic E-state index is -0.197. The molecule has 1 N–H and O–H groups in total. The smallest absolute Gasteiger partial charge is 0.262 e. The third kappa shape index (κ3) is 2.71. The Morgan fingerprint density at radius 1 is 1.40 bits per heavy atom. The van der Waals surface area contributed by atoms with Gasteiger partial charge in [0.25, 0.3) is 5.91 Å².